The summed E-state index contributed by atoms with van der Waals surface area (Å²) in [6.45, 7) is 2.40. The van der Waals surface area contributed by atoms with Crippen molar-refractivity contribution in [2.75, 3.05) is 11.4 Å². The van der Waals surface area contributed by atoms with Crippen molar-refractivity contribution in [2.45, 2.75) is 32.6 Å². The molecule has 0 aliphatic carbocycles. The first kappa shape index (κ1) is 14.1. The van der Waals surface area contributed by atoms with Crippen molar-refractivity contribution >= 4 is 23.2 Å². The zero-order chi connectivity index (χ0) is 14.8. The molecule has 0 bridgehead atoms. The quantitative estimate of drug-likeness (QED) is 0.856. The molecule has 6 heteroatoms. The number of carbonyl (C=O) groups excluding carboxylic acids is 1. The van der Waals surface area contributed by atoms with Gasteiger partial charge in [-0.25, -0.2) is 0 Å². The third kappa shape index (κ3) is 2.93. The Bertz CT molecular complexity index is 669. The number of nitrogens with zero attached hydrogens (tertiary/aromatic N) is 3. The van der Waals surface area contributed by atoms with Crippen molar-refractivity contribution in [3.63, 3.8) is 0 Å². The van der Waals surface area contributed by atoms with Crippen LogP contribution in [0.5, 0.6) is 0 Å². The fourth-order valence-electron chi connectivity index (χ4n) is 2.63. The summed E-state index contributed by atoms with van der Waals surface area (Å²) in [5.41, 5.74) is 1.95. The van der Waals surface area contributed by atoms with Gasteiger partial charge >= 0.3 is 0 Å². The van der Waals surface area contributed by atoms with Gasteiger partial charge in [0, 0.05) is 24.2 Å². The summed E-state index contributed by atoms with van der Waals surface area (Å²) in [7, 11) is 0. The van der Waals surface area contributed by atoms with Crippen LogP contribution in [0.15, 0.2) is 22.6 Å². The molecule has 1 aromatic carbocycles. The molecule has 1 aliphatic heterocycles. The minimum Gasteiger partial charge on any atom is -0.425 e. The number of carbonyl (C=O) groups is 1. The van der Waals surface area contributed by atoms with Crippen LogP contribution in [-0.2, 0) is 17.6 Å². The number of fused-ring (bicyclic) bond motifs is 1. The van der Waals surface area contributed by atoms with E-state index in [0.717, 1.165) is 35.5 Å². The van der Waals surface area contributed by atoms with Gasteiger partial charge in [-0.05, 0) is 37.0 Å². The van der Waals surface area contributed by atoms with Crippen LogP contribution in [-0.4, -0.2) is 22.6 Å². The Labute approximate surface area is 127 Å². The second kappa shape index (κ2) is 5.85. The van der Waals surface area contributed by atoms with E-state index in [2.05, 4.69) is 10.2 Å². The minimum absolute atomic E-state index is 0.0379. The fraction of sp³-hybridized carbons (Fsp3) is 0.400. The van der Waals surface area contributed by atoms with E-state index in [4.69, 9.17) is 16.0 Å². The van der Waals surface area contributed by atoms with Crippen molar-refractivity contribution < 1.29 is 9.21 Å². The molecular formula is C15H16ClN3O2. The first-order chi connectivity index (χ1) is 10.1. The van der Waals surface area contributed by atoms with Crippen molar-refractivity contribution in [2.24, 2.45) is 0 Å². The van der Waals surface area contributed by atoms with Gasteiger partial charge in [0.2, 0.25) is 17.7 Å². The molecule has 21 heavy (non-hydrogen) atoms. The van der Waals surface area contributed by atoms with Crippen LogP contribution >= 0.6 is 11.6 Å². The molecule has 0 saturated heterocycles. The van der Waals surface area contributed by atoms with Gasteiger partial charge in [0.1, 0.15) is 6.42 Å². The highest BCUT2D eigenvalue weighted by Crippen LogP contribution is 2.32. The highest BCUT2D eigenvalue weighted by atomic mass is 35.5. The Morgan fingerprint density at radius 2 is 2.24 bits per heavy atom. The third-order valence-corrected chi connectivity index (χ3v) is 3.97. The lowest BCUT2D eigenvalue weighted by Crippen LogP contribution is -2.33. The van der Waals surface area contributed by atoms with Gasteiger partial charge in [-0.2, -0.15) is 0 Å². The molecule has 0 atom stereocenters. The van der Waals surface area contributed by atoms with Crippen LogP contribution in [0.3, 0.4) is 0 Å². The maximum atomic E-state index is 12.6. The minimum atomic E-state index is -0.0379. The Balaban J connectivity index is 1.88. The maximum absolute atomic E-state index is 12.6. The molecular weight excluding hydrogens is 290 g/mol. The van der Waals surface area contributed by atoms with E-state index in [0.29, 0.717) is 18.3 Å². The highest BCUT2D eigenvalue weighted by molar-refractivity contribution is 6.31. The SMILES string of the molecule is Cc1nnc(CC(=O)N2CCCCc3c(Cl)cccc32)o1. The van der Waals surface area contributed by atoms with Gasteiger partial charge < -0.3 is 9.32 Å². The maximum Gasteiger partial charge on any atom is 0.236 e. The molecule has 110 valence electrons. The van der Waals surface area contributed by atoms with Gasteiger partial charge in [0.05, 0.1) is 0 Å². The van der Waals surface area contributed by atoms with E-state index >= 15 is 0 Å². The molecule has 0 fully saturated rings. The summed E-state index contributed by atoms with van der Waals surface area (Å²) >= 11 is 6.27. The first-order valence-electron chi connectivity index (χ1n) is 7.02. The van der Waals surface area contributed by atoms with Crippen LogP contribution < -0.4 is 4.90 Å². The molecule has 5 nitrogen and oxygen atoms in total. The summed E-state index contributed by atoms with van der Waals surface area (Å²) < 4.78 is 5.29. The number of halogens is 1. The van der Waals surface area contributed by atoms with Gasteiger partial charge in [-0.3, -0.25) is 4.79 Å². The predicted octanol–water partition coefficient (Wildman–Crippen LogP) is 2.94. The summed E-state index contributed by atoms with van der Waals surface area (Å²) in [5.74, 6) is 0.784. The number of hydrogen-bond acceptors (Lipinski definition) is 4. The number of hydrogen-bond donors (Lipinski definition) is 0. The zero-order valence-corrected chi connectivity index (χ0v) is 12.6. The average molecular weight is 306 g/mol. The first-order valence-corrected chi connectivity index (χ1v) is 7.39. The number of benzene rings is 1. The van der Waals surface area contributed by atoms with Crippen molar-refractivity contribution in [1.82, 2.24) is 10.2 Å². The Hall–Kier alpha value is -1.88. The predicted molar refractivity (Wildman–Crippen MR) is 79.5 cm³/mol. The molecule has 0 saturated carbocycles. The van der Waals surface area contributed by atoms with E-state index in [1.54, 1.807) is 11.8 Å². The summed E-state index contributed by atoms with van der Waals surface area (Å²) in [5, 5.41) is 8.36. The van der Waals surface area contributed by atoms with E-state index in [9.17, 15) is 4.79 Å². The second-order valence-electron chi connectivity index (χ2n) is 5.13. The molecule has 0 radical (unpaired) electrons. The lowest BCUT2D eigenvalue weighted by atomic mass is 10.1. The van der Waals surface area contributed by atoms with Gasteiger partial charge in [-0.1, -0.05) is 17.7 Å². The van der Waals surface area contributed by atoms with Gasteiger partial charge in [-0.15, -0.1) is 10.2 Å². The molecule has 0 spiro atoms. The standard InChI is InChI=1S/C15H16ClN3O2/c1-10-17-18-14(21-10)9-15(20)19-8-3-2-5-11-12(16)6-4-7-13(11)19/h4,6-7H,2-3,5,8-9H2,1H3. The largest absolute Gasteiger partial charge is 0.425 e. The smallest absolute Gasteiger partial charge is 0.236 e. The highest BCUT2D eigenvalue weighted by Gasteiger charge is 2.23. The van der Waals surface area contributed by atoms with E-state index in [-0.39, 0.29) is 12.3 Å². The topological polar surface area (TPSA) is 59.2 Å². The van der Waals surface area contributed by atoms with Crippen molar-refractivity contribution in [1.29, 1.82) is 0 Å². The number of aromatic nitrogens is 2. The normalized spacial score (nSPS) is 14.7. The van der Waals surface area contributed by atoms with Crippen LogP contribution in [0.25, 0.3) is 0 Å². The lowest BCUT2D eigenvalue weighted by molar-refractivity contribution is -0.118. The third-order valence-electron chi connectivity index (χ3n) is 3.61. The number of rotatable bonds is 2. The fourth-order valence-corrected chi connectivity index (χ4v) is 2.90. The molecule has 1 amide bonds. The summed E-state index contributed by atoms with van der Waals surface area (Å²) in [6, 6.07) is 5.70. The monoisotopic (exact) mass is 305 g/mol. The number of amides is 1. The van der Waals surface area contributed by atoms with Crippen LogP contribution in [0.4, 0.5) is 5.69 Å². The molecule has 0 N–H and O–H groups in total. The Morgan fingerprint density at radius 1 is 1.38 bits per heavy atom. The van der Waals surface area contributed by atoms with Crippen LogP contribution in [0.2, 0.25) is 5.02 Å². The molecule has 3 rings (SSSR count). The number of aryl methyl sites for hydroxylation is 1. The molecule has 0 unspecified atom stereocenters. The van der Waals surface area contributed by atoms with E-state index in [1.807, 2.05) is 18.2 Å². The summed E-state index contributed by atoms with van der Waals surface area (Å²) in [6.07, 6.45) is 3.00. The molecule has 2 heterocycles. The van der Waals surface area contributed by atoms with E-state index < -0.39 is 0 Å². The molecule has 2 aromatic rings. The van der Waals surface area contributed by atoms with Gasteiger partial charge in [0.25, 0.3) is 0 Å². The molecule has 1 aromatic heterocycles. The second-order valence-corrected chi connectivity index (χ2v) is 5.54. The van der Waals surface area contributed by atoms with Crippen LogP contribution in [0.1, 0.15) is 30.2 Å². The van der Waals surface area contributed by atoms with E-state index in [1.165, 1.54) is 0 Å². The van der Waals surface area contributed by atoms with Crippen molar-refractivity contribution in [3.8, 4) is 0 Å². The Kier molecular flexibility index (Phi) is 3.92. The van der Waals surface area contributed by atoms with Crippen LogP contribution in [0, 0.1) is 6.92 Å². The van der Waals surface area contributed by atoms with Gasteiger partial charge in [0.15, 0.2) is 0 Å². The Morgan fingerprint density at radius 3 is 3.00 bits per heavy atom. The summed E-state index contributed by atoms with van der Waals surface area (Å²) in [4.78, 5) is 14.3. The average Bonchev–Trinajstić information content (AvgIpc) is 2.74. The zero-order valence-electron chi connectivity index (χ0n) is 11.8. The van der Waals surface area contributed by atoms with Crippen molar-refractivity contribution in [3.05, 3.63) is 40.6 Å². The molecule has 1 aliphatic rings. The number of anilines is 1. The lowest BCUT2D eigenvalue weighted by Gasteiger charge is -2.22.